The highest BCUT2D eigenvalue weighted by Gasteiger charge is 2.49. The first-order valence-electron chi connectivity index (χ1n) is 6.84. The number of hydrogen-bond donors (Lipinski definition) is 9. The Morgan fingerprint density at radius 3 is 2.00 bits per heavy atom. The van der Waals surface area contributed by atoms with Crippen molar-refractivity contribution in [3.63, 3.8) is 0 Å². The predicted molar refractivity (Wildman–Crippen MR) is 69.9 cm³/mol. The van der Waals surface area contributed by atoms with E-state index in [9.17, 15) is 35.4 Å². The van der Waals surface area contributed by atoms with Gasteiger partial charge in [-0.2, -0.15) is 0 Å². The highest BCUT2D eigenvalue weighted by Crippen LogP contribution is 2.24. The molecule has 0 saturated carbocycles. The van der Waals surface area contributed by atoms with E-state index in [2.05, 4.69) is 0 Å². The predicted octanol–water partition coefficient (Wildman–Crippen LogP) is -6.17. The normalized spacial score (nSPS) is 37.0. The maximum atomic E-state index is 11.9. The Balaban J connectivity index is 2.85. The largest absolute Gasteiger partial charge is 0.394 e. The van der Waals surface area contributed by atoms with Crippen LogP contribution in [0.5, 0.6) is 0 Å². The van der Waals surface area contributed by atoms with Crippen LogP contribution in [0.4, 0.5) is 0 Å². The van der Waals surface area contributed by atoms with Crippen molar-refractivity contribution >= 4 is 5.78 Å². The fourth-order valence-corrected chi connectivity index (χ4v) is 2.21. The minimum atomic E-state index is -2.31. The molecule has 136 valence electrons. The van der Waals surface area contributed by atoms with E-state index in [1.54, 1.807) is 0 Å². The minimum absolute atomic E-state index is 0.781. The van der Waals surface area contributed by atoms with E-state index < -0.39 is 73.9 Å². The molecule has 23 heavy (non-hydrogen) atoms. The number of aliphatic hydroxyl groups excluding tert-OH is 9. The lowest BCUT2D eigenvalue weighted by molar-refractivity contribution is -0.248. The molecule has 1 aliphatic heterocycles. The van der Waals surface area contributed by atoms with Crippen molar-refractivity contribution in [2.24, 2.45) is 0 Å². The van der Waals surface area contributed by atoms with Crippen molar-refractivity contribution in [2.75, 3.05) is 13.2 Å². The second kappa shape index (κ2) is 8.39. The van der Waals surface area contributed by atoms with Crippen LogP contribution < -0.4 is 0 Å². The summed E-state index contributed by atoms with van der Waals surface area (Å²) in [5.74, 6) is -1.45. The second-order valence-electron chi connectivity index (χ2n) is 5.33. The molecule has 1 fully saturated rings. The highest BCUT2D eigenvalue weighted by atomic mass is 16.6. The number of Topliss-reactive ketones (excluding diaryl/α,β-unsaturated/α-hetero) is 1. The topological polar surface area (TPSA) is 208 Å². The van der Waals surface area contributed by atoms with Crippen LogP contribution >= 0.6 is 0 Å². The Hall–Kier alpha value is -0.730. The summed E-state index contributed by atoms with van der Waals surface area (Å²) < 4.78 is 4.94. The molecule has 9 N–H and O–H groups in total. The molecule has 0 spiro atoms. The zero-order valence-corrected chi connectivity index (χ0v) is 12.0. The standard InChI is InChI=1S/C12H22O11/c13-1-3(15)5(16)7(18)9(20)11(22)12-10(21)8(19)6(17)4(2-14)23-12/h3-8,10-19,21-22H,1-2H2/t3-,4-,5-,6-,7+,8+,10-,11?,12+/m1/s1. The maximum absolute atomic E-state index is 11.9. The number of ether oxygens (including phenoxy) is 1. The fraction of sp³-hybridized carbons (Fsp3) is 0.917. The van der Waals surface area contributed by atoms with E-state index in [1.165, 1.54) is 0 Å². The van der Waals surface area contributed by atoms with Gasteiger partial charge in [-0.3, -0.25) is 4.79 Å². The third-order valence-corrected chi connectivity index (χ3v) is 3.73. The summed E-state index contributed by atoms with van der Waals surface area (Å²) in [4.78, 5) is 11.9. The lowest BCUT2D eigenvalue weighted by atomic mass is 9.89. The summed E-state index contributed by atoms with van der Waals surface area (Å²) >= 11 is 0. The lowest BCUT2D eigenvalue weighted by Gasteiger charge is -2.41. The molecule has 0 aromatic rings. The monoisotopic (exact) mass is 342 g/mol. The van der Waals surface area contributed by atoms with Gasteiger partial charge in [0.15, 0.2) is 5.78 Å². The molecule has 1 rings (SSSR count). The smallest absolute Gasteiger partial charge is 0.195 e. The van der Waals surface area contributed by atoms with E-state index >= 15 is 0 Å². The van der Waals surface area contributed by atoms with Crippen LogP contribution in [0, 0.1) is 0 Å². The van der Waals surface area contributed by atoms with Gasteiger partial charge in [0.05, 0.1) is 13.2 Å². The molecule has 0 aromatic carbocycles. The number of aliphatic hydroxyl groups is 9. The van der Waals surface area contributed by atoms with Crippen molar-refractivity contribution in [2.45, 2.75) is 54.9 Å². The highest BCUT2D eigenvalue weighted by molar-refractivity contribution is 5.88. The Bertz CT molecular complexity index is 389. The van der Waals surface area contributed by atoms with Crippen molar-refractivity contribution in [3.8, 4) is 0 Å². The molecule has 9 atom stereocenters. The van der Waals surface area contributed by atoms with Crippen molar-refractivity contribution in [1.82, 2.24) is 0 Å². The first-order chi connectivity index (χ1) is 10.7. The van der Waals surface area contributed by atoms with Gasteiger partial charge in [0.25, 0.3) is 0 Å². The number of ketones is 1. The van der Waals surface area contributed by atoms with E-state index in [1.807, 2.05) is 0 Å². The summed E-state index contributed by atoms with van der Waals surface area (Å²) in [6.07, 6.45) is -17.1. The average Bonchev–Trinajstić information content (AvgIpc) is 2.56. The summed E-state index contributed by atoms with van der Waals surface area (Å²) in [5, 5.41) is 84.6. The van der Waals surface area contributed by atoms with Crippen molar-refractivity contribution in [3.05, 3.63) is 0 Å². The summed E-state index contributed by atoms with van der Waals surface area (Å²) in [6.45, 7) is -1.74. The molecule has 1 saturated heterocycles. The molecule has 11 nitrogen and oxygen atoms in total. The number of rotatable bonds is 7. The van der Waals surface area contributed by atoms with Gasteiger partial charge in [0.2, 0.25) is 0 Å². The molecular formula is C12H22O11. The molecule has 0 aromatic heterocycles. The minimum Gasteiger partial charge on any atom is -0.394 e. The molecule has 0 aliphatic carbocycles. The average molecular weight is 342 g/mol. The quantitative estimate of drug-likeness (QED) is 0.212. The Morgan fingerprint density at radius 2 is 1.52 bits per heavy atom. The van der Waals surface area contributed by atoms with Gasteiger partial charge in [-0.1, -0.05) is 0 Å². The third-order valence-electron chi connectivity index (χ3n) is 3.73. The van der Waals surface area contributed by atoms with E-state index in [-0.39, 0.29) is 0 Å². The molecule has 1 unspecified atom stereocenters. The Labute approximate surface area is 130 Å². The first-order valence-corrected chi connectivity index (χ1v) is 6.84. The fourth-order valence-electron chi connectivity index (χ4n) is 2.21. The molecule has 1 aliphatic rings. The van der Waals surface area contributed by atoms with Crippen LogP contribution in [0.2, 0.25) is 0 Å². The molecule has 0 bridgehead atoms. The van der Waals surface area contributed by atoms with Crippen LogP contribution in [0.3, 0.4) is 0 Å². The van der Waals surface area contributed by atoms with E-state index in [0.29, 0.717) is 0 Å². The van der Waals surface area contributed by atoms with Gasteiger partial charge < -0.3 is 50.7 Å². The zero-order chi connectivity index (χ0) is 17.9. The zero-order valence-electron chi connectivity index (χ0n) is 12.0. The van der Waals surface area contributed by atoms with Gasteiger partial charge in [0, 0.05) is 0 Å². The van der Waals surface area contributed by atoms with Crippen molar-refractivity contribution in [1.29, 1.82) is 0 Å². The van der Waals surface area contributed by atoms with E-state index in [4.69, 9.17) is 20.1 Å². The Morgan fingerprint density at radius 1 is 0.957 bits per heavy atom. The Kier molecular flexibility index (Phi) is 7.41. The van der Waals surface area contributed by atoms with E-state index in [0.717, 1.165) is 0 Å². The maximum Gasteiger partial charge on any atom is 0.195 e. The number of carbonyl (C=O) groups is 1. The van der Waals surface area contributed by atoms with Crippen molar-refractivity contribution < 1.29 is 55.5 Å². The van der Waals surface area contributed by atoms with Gasteiger partial charge >= 0.3 is 0 Å². The number of carbonyl (C=O) groups excluding carboxylic acids is 1. The van der Waals surface area contributed by atoms with Crippen LogP contribution in [0.15, 0.2) is 0 Å². The summed E-state index contributed by atoms with van der Waals surface area (Å²) in [6, 6.07) is 0. The number of hydrogen-bond acceptors (Lipinski definition) is 11. The van der Waals surface area contributed by atoms with Gasteiger partial charge in [-0.15, -0.1) is 0 Å². The SMILES string of the molecule is O=C(C(O)[C@H]1O[C@H](CO)[C@@H](O)[C@H](O)[C@H]1O)[C@@H](O)[C@H](O)[C@H](O)CO. The summed E-state index contributed by atoms with van der Waals surface area (Å²) in [5.41, 5.74) is 0. The van der Waals surface area contributed by atoms with Gasteiger partial charge in [-0.05, 0) is 0 Å². The van der Waals surface area contributed by atoms with Crippen LogP contribution in [0.25, 0.3) is 0 Å². The van der Waals surface area contributed by atoms with Crippen LogP contribution in [-0.4, -0.2) is 120 Å². The molecule has 0 amide bonds. The second-order valence-corrected chi connectivity index (χ2v) is 5.33. The molecular weight excluding hydrogens is 320 g/mol. The van der Waals surface area contributed by atoms with Gasteiger partial charge in [-0.25, -0.2) is 0 Å². The third kappa shape index (κ3) is 4.22. The molecule has 1 heterocycles. The lowest BCUT2D eigenvalue weighted by Crippen LogP contribution is -2.63. The molecule has 11 heteroatoms. The summed E-state index contributed by atoms with van der Waals surface area (Å²) in [7, 11) is 0. The van der Waals surface area contributed by atoms with Crippen LogP contribution in [0.1, 0.15) is 0 Å². The van der Waals surface area contributed by atoms with Crippen LogP contribution in [-0.2, 0) is 9.53 Å². The molecule has 0 radical (unpaired) electrons. The van der Waals surface area contributed by atoms with Gasteiger partial charge in [0.1, 0.15) is 54.9 Å². The first kappa shape index (κ1) is 20.3.